The molecule has 0 spiro atoms. The van der Waals surface area contributed by atoms with Crippen LogP contribution in [-0.2, 0) is 9.53 Å². The lowest BCUT2D eigenvalue weighted by molar-refractivity contribution is -0.126. The summed E-state index contributed by atoms with van der Waals surface area (Å²) < 4.78 is 5.33. The van der Waals surface area contributed by atoms with E-state index in [4.69, 9.17) is 10.5 Å². The van der Waals surface area contributed by atoms with Gasteiger partial charge in [0, 0.05) is 6.61 Å². The zero-order valence-electron chi connectivity index (χ0n) is 8.49. The van der Waals surface area contributed by atoms with Gasteiger partial charge in [-0.3, -0.25) is 9.89 Å². The van der Waals surface area contributed by atoms with Gasteiger partial charge in [-0.25, -0.2) is 0 Å². The van der Waals surface area contributed by atoms with Crippen LogP contribution >= 0.6 is 0 Å². The van der Waals surface area contributed by atoms with Crippen molar-refractivity contribution in [3.8, 4) is 0 Å². The summed E-state index contributed by atoms with van der Waals surface area (Å²) in [4.78, 5) is 11.7. The molecule has 6 nitrogen and oxygen atoms in total. The molecule has 2 rings (SSSR count). The predicted molar refractivity (Wildman–Crippen MR) is 55.2 cm³/mol. The zero-order chi connectivity index (χ0) is 10.8. The smallest absolute Gasteiger partial charge is 0.254 e. The highest BCUT2D eigenvalue weighted by molar-refractivity contribution is 5.95. The van der Waals surface area contributed by atoms with E-state index in [-0.39, 0.29) is 17.9 Å². The summed E-state index contributed by atoms with van der Waals surface area (Å²) in [6.07, 6.45) is 1.98. The molecule has 1 fully saturated rings. The number of aromatic nitrogens is 2. The second-order valence-electron chi connectivity index (χ2n) is 3.75. The molecule has 2 heterocycles. The molecular formula is C9H14N4O2. The van der Waals surface area contributed by atoms with E-state index >= 15 is 0 Å². The zero-order valence-corrected chi connectivity index (χ0v) is 8.49. The Balaban J connectivity index is 2.01. The van der Waals surface area contributed by atoms with Gasteiger partial charge < -0.3 is 15.8 Å². The van der Waals surface area contributed by atoms with Crippen LogP contribution in [0.4, 0.5) is 11.5 Å². The van der Waals surface area contributed by atoms with E-state index in [2.05, 4.69) is 15.5 Å². The summed E-state index contributed by atoms with van der Waals surface area (Å²) in [6, 6.07) is 0. The Labute approximate surface area is 87.2 Å². The van der Waals surface area contributed by atoms with E-state index in [0.717, 1.165) is 6.42 Å². The molecule has 15 heavy (non-hydrogen) atoms. The van der Waals surface area contributed by atoms with Crippen LogP contribution in [0.25, 0.3) is 0 Å². The second-order valence-corrected chi connectivity index (χ2v) is 3.75. The molecular weight excluding hydrogens is 196 g/mol. The van der Waals surface area contributed by atoms with Gasteiger partial charge in [0.25, 0.3) is 5.91 Å². The average Bonchev–Trinajstić information content (AvgIpc) is 2.76. The minimum Gasteiger partial charge on any atom is -0.394 e. The summed E-state index contributed by atoms with van der Waals surface area (Å²) in [5.74, 6) is 0.507. The van der Waals surface area contributed by atoms with Crippen molar-refractivity contribution >= 4 is 17.4 Å². The van der Waals surface area contributed by atoms with E-state index < -0.39 is 0 Å². The number of rotatable bonds is 2. The fourth-order valence-corrected chi connectivity index (χ4v) is 1.62. The molecule has 0 aromatic carbocycles. The molecule has 82 valence electrons. The van der Waals surface area contributed by atoms with Crippen molar-refractivity contribution in [1.29, 1.82) is 0 Å². The van der Waals surface area contributed by atoms with Gasteiger partial charge in [-0.05, 0) is 12.3 Å². The molecule has 1 saturated heterocycles. The van der Waals surface area contributed by atoms with Gasteiger partial charge in [-0.2, -0.15) is 5.10 Å². The first-order chi connectivity index (χ1) is 7.18. The number of nitrogen functional groups attached to an aromatic ring is 1. The van der Waals surface area contributed by atoms with Crippen molar-refractivity contribution < 1.29 is 9.53 Å². The van der Waals surface area contributed by atoms with Crippen molar-refractivity contribution in [2.45, 2.75) is 19.4 Å². The van der Waals surface area contributed by atoms with Gasteiger partial charge >= 0.3 is 0 Å². The van der Waals surface area contributed by atoms with E-state index in [1.165, 1.54) is 6.20 Å². The normalized spacial score (nSPS) is 25.4. The Morgan fingerprint density at radius 1 is 1.80 bits per heavy atom. The Kier molecular flexibility index (Phi) is 2.59. The Morgan fingerprint density at radius 2 is 2.60 bits per heavy atom. The fraction of sp³-hybridized carbons (Fsp3) is 0.556. The lowest BCUT2D eigenvalue weighted by atomic mass is 10.0. The first-order valence-electron chi connectivity index (χ1n) is 4.90. The number of nitrogens with zero attached hydrogens (tertiary/aromatic N) is 1. The van der Waals surface area contributed by atoms with Crippen LogP contribution in [-0.4, -0.2) is 28.8 Å². The first-order valence-corrected chi connectivity index (χ1v) is 4.90. The van der Waals surface area contributed by atoms with Crippen molar-refractivity contribution in [2.75, 3.05) is 17.7 Å². The molecule has 1 aliphatic rings. The lowest BCUT2D eigenvalue weighted by Gasteiger charge is -2.13. The number of nitrogens with two attached hydrogens (primary N) is 1. The second kappa shape index (κ2) is 3.90. The Morgan fingerprint density at radius 3 is 3.13 bits per heavy atom. The van der Waals surface area contributed by atoms with Crippen LogP contribution in [0.5, 0.6) is 0 Å². The fourth-order valence-electron chi connectivity index (χ4n) is 1.62. The molecule has 2 unspecified atom stereocenters. The van der Waals surface area contributed by atoms with E-state index in [1.54, 1.807) is 0 Å². The third kappa shape index (κ3) is 1.94. The number of H-pyrrole nitrogens is 1. The molecule has 0 bridgehead atoms. The van der Waals surface area contributed by atoms with Gasteiger partial charge in [-0.15, -0.1) is 0 Å². The number of hydrogen-bond acceptors (Lipinski definition) is 4. The minimum atomic E-state index is -0.382. The summed E-state index contributed by atoms with van der Waals surface area (Å²) in [6.45, 7) is 2.63. The highest BCUT2D eigenvalue weighted by Gasteiger charge is 2.31. The molecule has 0 radical (unpaired) electrons. The average molecular weight is 210 g/mol. The summed E-state index contributed by atoms with van der Waals surface area (Å²) >= 11 is 0. The number of amides is 1. The van der Waals surface area contributed by atoms with Gasteiger partial charge in [-0.1, -0.05) is 6.92 Å². The van der Waals surface area contributed by atoms with Crippen molar-refractivity contribution in [2.24, 2.45) is 5.92 Å². The number of carbonyl (C=O) groups excluding carboxylic acids is 1. The van der Waals surface area contributed by atoms with Crippen LogP contribution in [0.3, 0.4) is 0 Å². The summed E-state index contributed by atoms with van der Waals surface area (Å²) in [5, 5.41) is 8.98. The predicted octanol–water partition coefficient (Wildman–Crippen LogP) is 0.355. The maximum absolute atomic E-state index is 11.7. The monoisotopic (exact) mass is 210 g/mol. The number of hydrogen-bond donors (Lipinski definition) is 3. The van der Waals surface area contributed by atoms with Gasteiger partial charge in [0.2, 0.25) is 0 Å². The standard InChI is InChI=1S/C9H14N4O2/c1-5-2-3-15-7(5)9(14)12-8-6(10)4-11-13-8/h4-5,7H,2-3,10H2,1H3,(H2,11,12,13,14). The van der Waals surface area contributed by atoms with E-state index in [9.17, 15) is 4.79 Å². The molecule has 0 aliphatic carbocycles. The maximum atomic E-state index is 11.7. The SMILES string of the molecule is CC1CCOC1C(=O)Nc1[nH]ncc1N. The molecule has 0 saturated carbocycles. The molecule has 6 heteroatoms. The molecule has 1 aliphatic heterocycles. The number of carbonyl (C=O) groups is 1. The van der Waals surface area contributed by atoms with Crippen LogP contribution in [0.1, 0.15) is 13.3 Å². The molecule has 1 aromatic rings. The highest BCUT2D eigenvalue weighted by atomic mass is 16.5. The number of nitrogens with one attached hydrogen (secondary N) is 2. The Bertz CT molecular complexity index is 363. The summed E-state index contributed by atoms with van der Waals surface area (Å²) in [5.41, 5.74) is 6.00. The van der Waals surface area contributed by atoms with E-state index in [1.807, 2.05) is 6.92 Å². The largest absolute Gasteiger partial charge is 0.394 e. The third-order valence-corrected chi connectivity index (χ3v) is 2.56. The number of anilines is 2. The van der Waals surface area contributed by atoms with Crippen LogP contribution in [0, 0.1) is 5.92 Å². The van der Waals surface area contributed by atoms with Crippen LogP contribution in [0.15, 0.2) is 6.20 Å². The van der Waals surface area contributed by atoms with Crippen LogP contribution < -0.4 is 11.1 Å². The maximum Gasteiger partial charge on any atom is 0.254 e. The molecule has 4 N–H and O–H groups in total. The Hall–Kier alpha value is -1.56. The van der Waals surface area contributed by atoms with Gasteiger partial charge in [0.05, 0.1) is 11.9 Å². The van der Waals surface area contributed by atoms with Gasteiger partial charge in [0.1, 0.15) is 6.10 Å². The highest BCUT2D eigenvalue weighted by Crippen LogP contribution is 2.22. The van der Waals surface area contributed by atoms with Crippen molar-refractivity contribution in [1.82, 2.24) is 10.2 Å². The summed E-state index contributed by atoms with van der Waals surface area (Å²) in [7, 11) is 0. The first kappa shape index (κ1) is 9.97. The number of ether oxygens (including phenoxy) is 1. The molecule has 1 aromatic heterocycles. The molecule has 1 amide bonds. The quantitative estimate of drug-likeness (QED) is 0.656. The topological polar surface area (TPSA) is 93.0 Å². The third-order valence-electron chi connectivity index (χ3n) is 2.56. The van der Waals surface area contributed by atoms with Crippen molar-refractivity contribution in [3.05, 3.63) is 6.20 Å². The van der Waals surface area contributed by atoms with E-state index in [0.29, 0.717) is 18.1 Å². The van der Waals surface area contributed by atoms with Crippen LogP contribution in [0.2, 0.25) is 0 Å². The molecule has 2 atom stereocenters. The lowest BCUT2D eigenvalue weighted by Crippen LogP contribution is -2.31. The number of aromatic amines is 1. The minimum absolute atomic E-state index is 0.170. The van der Waals surface area contributed by atoms with Crippen molar-refractivity contribution in [3.63, 3.8) is 0 Å². The van der Waals surface area contributed by atoms with Gasteiger partial charge in [0.15, 0.2) is 5.82 Å².